The predicted octanol–water partition coefficient (Wildman–Crippen LogP) is 4.27. The molecule has 0 heteroatoms. The lowest BCUT2D eigenvalue weighted by molar-refractivity contribution is 0.973. The van der Waals surface area contributed by atoms with Gasteiger partial charge in [-0.05, 0) is 107 Å². The largest absolute Gasteiger partial charge is 0.0807 e. The molecule has 0 saturated carbocycles. The smallest absolute Gasteiger partial charge is 0.00104 e. The van der Waals surface area contributed by atoms with Gasteiger partial charge in [0, 0.05) is 0 Å². The van der Waals surface area contributed by atoms with Gasteiger partial charge in [-0.2, -0.15) is 0 Å². The van der Waals surface area contributed by atoms with Crippen LogP contribution >= 0.6 is 0 Å². The maximum atomic E-state index is 2.49. The summed E-state index contributed by atoms with van der Waals surface area (Å²) < 4.78 is 0. The molecule has 0 N–H and O–H groups in total. The van der Waals surface area contributed by atoms with Gasteiger partial charge in [0.1, 0.15) is 0 Å². The first-order valence-corrected chi connectivity index (χ1v) is 8.88. The van der Waals surface area contributed by atoms with Crippen LogP contribution in [0.2, 0.25) is 0 Å². The van der Waals surface area contributed by atoms with Crippen molar-refractivity contribution in [1.29, 1.82) is 0 Å². The van der Waals surface area contributed by atoms with Crippen LogP contribution in [0.25, 0.3) is 28.9 Å². The Bertz CT molecular complexity index is 1000. The van der Waals surface area contributed by atoms with Gasteiger partial charge in [-0.15, -0.1) is 0 Å². The zero-order valence-electron chi connectivity index (χ0n) is 14.0. The number of allylic oxidation sites excluding steroid dienone is 2. The van der Waals surface area contributed by atoms with Crippen molar-refractivity contribution in [1.82, 2.24) is 0 Å². The average Bonchev–Trinajstić information content (AvgIpc) is 2.92. The Morgan fingerprint density at radius 3 is 2.48 bits per heavy atom. The monoisotopic (exact) mass is 298 g/mol. The zero-order chi connectivity index (χ0) is 15.6. The molecule has 0 spiro atoms. The summed E-state index contributed by atoms with van der Waals surface area (Å²) >= 11 is 0. The van der Waals surface area contributed by atoms with Gasteiger partial charge < -0.3 is 0 Å². The summed E-state index contributed by atoms with van der Waals surface area (Å²) in [6.07, 6.45) is 13.1. The normalized spacial score (nSPS) is 17.2. The second-order valence-corrected chi connectivity index (χ2v) is 7.29. The summed E-state index contributed by atoms with van der Waals surface area (Å²) in [6, 6.07) is 7.42. The Kier molecular flexibility index (Phi) is 2.74. The highest BCUT2D eigenvalue weighted by Crippen LogP contribution is 2.40. The van der Waals surface area contributed by atoms with E-state index in [1.54, 1.807) is 11.1 Å². The third kappa shape index (κ3) is 1.84. The third-order valence-electron chi connectivity index (χ3n) is 5.95. The summed E-state index contributed by atoms with van der Waals surface area (Å²) in [5.74, 6) is 0. The van der Waals surface area contributed by atoms with E-state index in [1.807, 2.05) is 0 Å². The van der Waals surface area contributed by atoms with Gasteiger partial charge in [0.15, 0.2) is 0 Å². The van der Waals surface area contributed by atoms with Crippen LogP contribution in [0.3, 0.4) is 0 Å². The number of hydrogen-bond acceptors (Lipinski definition) is 0. The zero-order valence-corrected chi connectivity index (χ0v) is 14.0. The van der Waals surface area contributed by atoms with E-state index >= 15 is 0 Å². The van der Waals surface area contributed by atoms with Crippen molar-refractivity contribution in [3.63, 3.8) is 0 Å². The maximum Gasteiger partial charge on any atom is -0.00104 e. The van der Waals surface area contributed by atoms with Gasteiger partial charge in [-0.3, -0.25) is 0 Å². The summed E-state index contributed by atoms with van der Waals surface area (Å²) in [5, 5.41) is 2.94. The number of hydrogen-bond donors (Lipinski definition) is 0. The quantitative estimate of drug-likeness (QED) is 0.581. The van der Waals surface area contributed by atoms with Crippen LogP contribution in [0.4, 0.5) is 0 Å². The van der Waals surface area contributed by atoms with Crippen LogP contribution in [0.15, 0.2) is 24.3 Å². The molecule has 0 amide bonds. The van der Waals surface area contributed by atoms with E-state index in [4.69, 9.17) is 0 Å². The van der Waals surface area contributed by atoms with E-state index < -0.39 is 0 Å². The Morgan fingerprint density at radius 1 is 0.739 bits per heavy atom. The molecule has 2 aromatic carbocycles. The average molecular weight is 298 g/mol. The van der Waals surface area contributed by atoms with Gasteiger partial charge in [-0.25, -0.2) is 0 Å². The van der Waals surface area contributed by atoms with E-state index in [9.17, 15) is 0 Å². The maximum absolute atomic E-state index is 2.49. The third-order valence-corrected chi connectivity index (χ3v) is 5.95. The van der Waals surface area contributed by atoms with Crippen molar-refractivity contribution in [2.45, 2.75) is 46.0 Å². The molecule has 0 aromatic heterocycles. The molecule has 0 radical (unpaired) electrons. The summed E-state index contributed by atoms with van der Waals surface area (Å²) in [6.45, 7) is 4.59. The van der Waals surface area contributed by atoms with Gasteiger partial charge in [0.05, 0.1) is 0 Å². The Hall–Kier alpha value is -2.08. The highest BCUT2D eigenvalue weighted by atomic mass is 14.3. The topological polar surface area (TPSA) is 0 Å². The van der Waals surface area contributed by atoms with Crippen LogP contribution in [-0.2, 0) is 12.8 Å². The Labute approximate surface area is 137 Å². The van der Waals surface area contributed by atoms with E-state index in [0.29, 0.717) is 0 Å². The SMILES string of the molecule is CC1=CCCc2cc3c(cc21)Cc1c-3cc2c(c1C)=CCCC=2. The lowest BCUT2D eigenvalue weighted by Crippen LogP contribution is -2.30. The second kappa shape index (κ2) is 4.71. The van der Waals surface area contributed by atoms with Gasteiger partial charge in [0.25, 0.3) is 0 Å². The first-order valence-electron chi connectivity index (χ1n) is 8.88. The predicted molar refractivity (Wildman–Crippen MR) is 98.8 cm³/mol. The second-order valence-electron chi connectivity index (χ2n) is 7.29. The fourth-order valence-corrected chi connectivity index (χ4v) is 4.68. The molecule has 3 aliphatic rings. The molecule has 2 aromatic rings. The number of rotatable bonds is 0. The van der Waals surface area contributed by atoms with Crippen LogP contribution in [-0.4, -0.2) is 0 Å². The molecule has 23 heavy (non-hydrogen) atoms. The number of fused-ring (bicyclic) bond motifs is 5. The first-order chi connectivity index (χ1) is 11.2. The fraction of sp³-hybridized carbons (Fsp3) is 0.304. The molecule has 114 valence electrons. The van der Waals surface area contributed by atoms with Crippen molar-refractivity contribution >= 4 is 17.7 Å². The highest BCUT2D eigenvalue weighted by molar-refractivity contribution is 5.82. The van der Waals surface area contributed by atoms with Crippen molar-refractivity contribution in [3.8, 4) is 11.1 Å². The van der Waals surface area contributed by atoms with Gasteiger partial charge in [0.2, 0.25) is 0 Å². The van der Waals surface area contributed by atoms with Crippen molar-refractivity contribution in [2.24, 2.45) is 0 Å². The molecule has 3 aliphatic carbocycles. The molecule has 5 rings (SSSR count). The molecule has 0 fully saturated rings. The van der Waals surface area contributed by atoms with Gasteiger partial charge >= 0.3 is 0 Å². The molecule has 0 bridgehead atoms. The van der Waals surface area contributed by atoms with E-state index in [2.05, 4.69) is 50.3 Å². The van der Waals surface area contributed by atoms with Crippen LogP contribution in [0.5, 0.6) is 0 Å². The molecular formula is C23H22. The lowest BCUT2D eigenvalue weighted by Gasteiger charge is -2.17. The van der Waals surface area contributed by atoms with E-state index in [1.165, 1.54) is 69.5 Å². The molecule has 0 aliphatic heterocycles. The van der Waals surface area contributed by atoms with E-state index in [-0.39, 0.29) is 0 Å². The minimum atomic E-state index is 1.11. The summed E-state index contributed by atoms with van der Waals surface area (Å²) in [5.41, 5.74) is 12.1. The number of aryl methyl sites for hydroxylation is 1. The highest BCUT2D eigenvalue weighted by Gasteiger charge is 2.24. The standard InChI is InChI=1S/C23H22/c1-14-6-5-8-17-10-22-18(12-20(14)17)13-21-15(2)19-9-4-3-7-16(19)11-23(21)22/h6-7,9-12H,3-5,8,13H2,1-2H3. The molecule has 0 unspecified atom stereocenters. The van der Waals surface area contributed by atoms with Crippen LogP contribution < -0.4 is 10.4 Å². The minimum absolute atomic E-state index is 1.11. The molecule has 0 heterocycles. The Balaban J connectivity index is 1.80. The Morgan fingerprint density at radius 2 is 1.57 bits per heavy atom. The summed E-state index contributed by atoms with van der Waals surface area (Å²) in [4.78, 5) is 0. The fourth-order valence-electron chi connectivity index (χ4n) is 4.68. The minimum Gasteiger partial charge on any atom is -0.0807 e. The molecular weight excluding hydrogens is 276 g/mol. The van der Waals surface area contributed by atoms with Gasteiger partial charge in [-0.1, -0.05) is 30.4 Å². The lowest BCUT2D eigenvalue weighted by atomic mass is 9.88. The molecule has 0 atom stereocenters. The van der Waals surface area contributed by atoms with Crippen molar-refractivity contribution in [3.05, 3.63) is 62.5 Å². The molecule has 0 saturated heterocycles. The van der Waals surface area contributed by atoms with Crippen LogP contribution in [0.1, 0.15) is 54.0 Å². The van der Waals surface area contributed by atoms with E-state index in [0.717, 1.165) is 6.42 Å². The number of benzene rings is 2. The van der Waals surface area contributed by atoms with Crippen molar-refractivity contribution < 1.29 is 0 Å². The first kappa shape index (κ1) is 13.4. The summed E-state index contributed by atoms with van der Waals surface area (Å²) in [7, 11) is 0. The van der Waals surface area contributed by atoms with Crippen LogP contribution in [0, 0.1) is 6.92 Å². The van der Waals surface area contributed by atoms with Crippen molar-refractivity contribution in [2.75, 3.05) is 0 Å². The molecule has 0 nitrogen and oxygen atoms in total.